The minimum Gasteiger partial charge on any atom is -0.350 e. The molecule has 0 aliphatic rings. The topological polar surface area (TPSA) is 58.5 Å². The van der Waals surface area contributed by atoms with E-state index in [0.29, 0.717) is 5.56 Å². The van der Waals surface area contributed by atoms with Crippen LogP contribution in [0.5, 0.6) is 0 Å². The molecule has 0 atom stereocenters. The Kier molecular flexibility index (Phi) is 3.79. The van der Waals surface area contributed by atoms with E-state index >= 15 is 0 Å². The van der Waals surface area contributed by atoms with Gasteiger partial charge in [-0.05, 0) is 19.1 Å². The Hall–Kier alpha value is -1.71. The van der Waals surface area contributed by atoms with Crippen LogP contribution in [0.25, 0.3) is 0 Å². The largest absolute Gasteiger partial charge is 0.350 e. The van der Waals surface area contributed by atoms with Crippen LogP contribution in [0, 0.1) is 11.8 Å². The normalized spacial score (nSPS) is 9.50. The number of nitrogens with one attached hydrogen (secondary N) is 1. The molecule has 1 aromatic carbocycles. The van der Waals surface area contributed by atoms with Crippen LogP contribution in [0.15, 0.2) is 29.4 Å². The van der Waals surface area contributed by atoms with Gasteiger partial charge < -0.3 is 5.32 Å². The zero-order valence-corrected chi connectivity index (χ0v) is 7.99. The molecular weight excluding hydrogens is 180 g/mol. The maximum atomic E-state index is 11.4. The summed E-state index contributed by atoms with van der Waals surface area (Å²) in [5.74, 6) is -0.173. The van der Waals surface area contributed by atoms with Crippen LogP contribution in [-0.4, -0.2) is 19.0 Å². The molecule has 14 heavy (non-hydrogen) atoms. The number of nitroso groups, excluding NO2 is 1. The van der Waals surface area contributed by atoms with Gasteiger partial charge in [0.15, 0.2) is 0 Å². The smallest absolute Gasteiger partial charge is 0.251 e. The van der Waals surface area contributed by atoms with Gasteiger partial charge in [0.05, 0.1) is 6.54 Å². The van der Waals surface area contributed by atoms with Crippen LogP contribution in [0.1, 0.15) is 15.9 Å². The van der Waals surface area contributed by atoms with Crippen molar-refractivity contribution in [2.24, 2.45) is 5.18 Å². The number of aryl methyl sites for hydroxylation is 1. The quantitative estimate of drug-likeness (QED) is 0.580. The summed E-state index contributed by atoms with van der Waals surface area (Å²) < 4.78 is 0. The highest BCUT2D eigenvalue weighted by Crippen LogP contribution is 2.02. The van der Waals surface area contributed by atoms with Crippen molar-refractivity contribution in [3.63, 3.8) is 0 Å². The second kappa shape index (κ2) is 5.11. The molecule has 0 heterocycles. The van der Waals surface area contributed by atoms with E-state index in [0.717, 1.165) is 5.56 Å². The summed E-state index contributed by atoms with van der Waals surface area (Å²) in [6.07, 6.45) is 0. The van der Waals surface area contributed by atoms with E-state index in [2.05, 4.69) is 10.5 Å². The molecule has 4 heteroatoms. The Balaban J connectivity index is 2.52. The van der Waals surface area contributed by atoms with E-state index in [-0.39, 0.29) is 19.0 Å². The predicted molar refractivity (Wildman–Crippen MR) is 54.2 cm³/mol. The van der Waals surface area contributed by atoms with Crippen molar-refractivity contribution in [1.29, 1.82) is 0 Å². The van der Waals surface area contributed by atoms with Gasteiger partial charge in [-0.3, -0.25) is 4.79 Å². The second-order valence-electron chi connectivity index (χ2n) is 2.97. The van der Waals surface area contributed by atoms with E-state index in [1.807, 2.05) is 19.1 Å². The summed E-state index contributed by atoms with van der Waals surface area (Å²) in [7, 11) is 0. The van der Waals surface area contributed by atoms with Gasteiger partial charge in [-0.1, -0.05) is 22.9 Å². The summed E-state index contributed by atoms with van der Waals surface area (Å²) in [5, 5.41) is 5.24. The third-order valence-corrected chi connectivity index (χ3v) is 1.80. The lowest BCUT2D eigenvalue weighted by atomic mass is 10.1. The molecule has 0 unspecified atom stereocenters. The number of amides is 1. The Morgan fingerprint density at radius 1 is 1.36 bits per heavy atom. The molecule has 0 saturated carbocycles. The lowest BCUT2D eigenvalue weighted by molar-refractivity contribution is 0.0955. The number of hydrogen-bond donors (Lipinski definition) is 1. The SMILES string of the molecule is Cc1ccc(C(=O)NCCN=O)cc1. The van der Waals surface area contributed by atoms with Crippen LogP contribution < -0.4 is 5.32 Å². The van der Waals surface area contributed by atoms with Crippen molar-refractivity contribution in [2.45, 2.75) is 6.92 Å². The summed E-state index contributed by atoms with van der Waals surface area (Å²) in [6.45, 7) is 2.35. The molecule has 0 aliphatic heterocycles. The summed E-state index contributed by atoms with van der Waals surface area (Å²) in [5.41, 5.74) is 1.71. The molecule has 0 spiro atoms. The van der Waals surface area contributed by atoms with Crippen molar-refractivity contribution in [3.05, 3.63) is 40.3 Å². The predicted octanol–water partition coefficient (Wildman–Crippen LogP) is 1.49. The maximum absolute atomic E-state index is 11.4. The molecule has 1 amide bonds. The van der Waals surface area contributed by atoms with Gasteiger partial charge in [0.25, 0.3) is 5.91 Å². The minimum atomic E-state index is -0.173. The number of carbonyl (C=O) groups is 1. The summed E-state index contributed by atoms with van der Waals surface area (Å²) in [4.78, 5) is 21.1. The molecule has 1 aromatic rings. The second-order valence-corrected chi connectivity index (χ2v) is 2.97. The van der Waals surface area contributed by atoms with Gasteiger partial charge in [-0.15, -0.1) is 0 Å². The molecule has 0 fully saturated rings. The van der Waals surface area contributed by atoms with Crippen LogP contribution >= 0.6 is 0 Å². The average molecular weight is 192 g/mol. The molecule has 4 nitrogen and oxygen atoms in total. The number of benzene rings is 1. The zero-order valence-electron chi connectivity index (χ0n) is 7.99. The molecule has 0 aliphatic carbocycles. The molecule has 1 rings (SSSR count). The van der Waals surface area contributed by atoms with Crippen molar-refractivity contribution < 1.29 is 4.79 Å². The number of rotatable bonds is 4. The molecule has 74 valence electrons. The fourth-order valence-corrected chi connectivity index (χ4v) is 1.02. The number of hydrogen-bond acceptors (Lipinski definition) is 3. The highest BCUT2D eigenvalue weighted by molar-refractivity contribution is 5.94. The fraction of sp³-hybridized carbons (Fsp3) is 0.300. The monoisotopic (exact) mass is 192 g/mol. The van der Waals surface area contributed by atoms with Gasteiger partial charge in [0, 0.05) is 12.1 Å². The third kappa shape index (κ3) is 2.97. The van der Waals surface area contributed by atoms with E-state index in [4.69, 9.17) is 0 Å². The zero-order chi connectivity index (χ0) is 10.4. The van der Waals surface area contributed by atoms with Crippen molar-refractivity contribution >= 4 is 5.91 Å². The first-order valence-corrected chi connectivity index (χ1v) is 4.38. The van der Waals surface area contributed by atoms with Gasteiger partial charge in [0.1, 0.15) is 0 Å². The van der Waals surface area contributed by atoms with Crippen molar-refractivity contribution in [3.8, 4) is 0 Å². The van der Waals surface area contributed by atoms with Crippen LogP contribution in [-0.2, 0) is 0 Å². The van der Waals surface area contributed by atoms with Gasteiger partial charge in [-0.2, -0.15) is 4.91 Å². The maximum Gasteiger partial charge on any atom is 0.251 e. The Bertz CT molecular complexity index is 319. The molecular formula is C10H12N2O2. The highest BCUT2D eigenvalue weighted by atomic mass is 16.3. The fourth-order valence-electron chi connectivity index (χ4n) is 1.02. The van der Waals surface area contributed by atoms with E-state index in [9.17, 15) is 9.70 Å². The first-order valence-electron chi connectivity index (χ1n) is 4.38. The highest BCUT2D eigenvalue weighted by Gasteiger charge is 2.02. The lowest BCUT2D eigenvalue weighted by Crippen LogP contribution is -2.25. The van der Waals surface area contributed by atoms with Gasteiger partial charge in [0.2, 0.25) is 0 Å². The summed E-state index contributed by atoms with van der Waals surface area (Å²) in [6, 6.07) is 7.23. The van der Waals surface area contributed by atoms with Crippen molar-refractivity contribution in [1.82, 2.24) is 5.32 Å². The van der Waals surface area contributed by atoms with Gasteiger partial charge in [-0.25, -0.2) is 0 Å². The van der Waals surface area contributed by atoms with E-state index in [1.54, 1.807) is 12.1 Å². The van der Waals surface area contributed by atoms with Crippen LogP contribution in [0.2, 0.25) is 0 Å². The molecule has 0 bridgehead atoms. The van der Waals surface area contributed by atoms with Crippen LogP contribution in [0.4, 0.5) is 0 Å². The number of nitrogens with zero attached hydrogens (tertiary/aromatic N) is 1. The van der Waals surface area contributed by atoms with Gasteiger partial charge >= 0.3 is 0 Å². The lowest BCUT2D eigenvalue weighted by Gasteiger charge is -2.02. The Morgan fingerprint density at radius 2 is 2.00 bits per heavy atom. The van der Waals surface area contributed by atoms with E-state index in [1.165, 1.54) is 0 Å². The molecule has 1 N–H and O–H groups in total. The average Bonchev–Trinajstić information content (AvgIpc) is 2.19. The Labute approximate surface area is 82.3 Å². The van der Waals surface area contributed by atoms with E-state index < -0.39 is 0 Å². The standard InChI is InChI=1S/C10H12N2O2/c1-8-2-4-9(5-3-8)10(13)11-6-7-12-14/h2-5H,6-7H2,1H3,(H,11,13). The molecule has 0 radical (unpaired) electrons. The first kappa shape index (κ1) is 10.4. The van der Waals surface area contributed by atoms with Crippen molar-refractivity contribution in [2.75, 3.05) is 13.1 Å². The third-order valence-electron chi connectivity index (χ3n) is 1.80. The van der Waals surface area contributed by atoms with Crippen LogP contribution in [0.3, 0.4) is 0 Å². The minimum absolute atomic E-state index is 0.109. The first-order chi connectivity index (χ1) is 6.74. The number of carbonyl (C=O) groups excluding carboxylic acids is 1. The molecule has 0 aromatic heterocycles. The molecule has 0 saturated heterocycles. The Morgan fingerprint density at radius 3 is 2.57 bits per heavy atom. The summed E-state index contributed by atoms with van der Waals surface area (Å²) >= 11 is 0.